The van der Waals surface area contributed by atoms with Crippen LogP contribution in [0.1, 0.15) is 49.2 Å². The molecule has 2 N–H and O–H groups in total. The first-order chi connectivity index (χ1) is 17.2. The van der Waals surface area contributed by atoms with Gasteiger partial charge in [0, 0.05) is 23.4 Å². The average Bonchev–Trinajstić information content (AvgIpc) is 3.68. The fourth-order valence-corrected chi connectivity index (χ4v) is 3.90. The number of halogens is 3. The minimum atomic E-state index is -3.69. The van der Waals surface area contributed by atoms with Crippen LogP contribution in [0.5, 0.6) is 11.5 Å². The van der Waals surface area contributed by atoms with E-state index in [1.54, 1.807) is 26.0 Å². The van der Waals surface area contributed by atoms with Crippen LogP contribution in [-0.2, 0) is 10.7 Å². The molecule has 1 aromatic heterocycles. The van der Waals surface area contributed by atoms with Crippen molar-refractivity contribution >= 4 is 16.7 Å². The van der Waals surface area contributed by atoms with Gasteiger partial charge in [-0.2, -0.15) is 8.78 Å². The lowest BCUT2D eigenvalue weighted by Crippen LogP contribution is -2.22. The highest BCUT2D eigenvalue weighted by atomic mass is 19.3. The van der Waals surface area contributed by atoms with E-state index in [-0.39, 0.29) is 5.56 Å². The number of hydrogen-bond donors (Lipinski definition) is 2. The fourth-order valence-electron chi connectivity index (χ4n) is 3.90. The summed E-state index contributed by atoms with van der Waals surface area (Å²) in [6, 6.07) is 6.49. The minimum Gasteiger partial charge on any atom is -0.493 e. The summed E-state index contributed by atoms with van der Waals surface area (Å²) in [5, 5.41) is 12.7. The average molecular weight is 506 g/mol. The molecule has 7 nitrogen and oxygen atoms in total. The normalized spacial score (nSPS) is 14.6. The summed E-state index contributed by atoms with van der Waals surface area (Å²) in [4.78, 5) is 8.94. The van der Waals surface area contributed by atoms with E-state index in [0.717, 1.165) is 25.3 Å². The van der Waals surface area contributed by atoms with Crippen molar-refractivity contribution in [1.29, 1.82) is 0 Å². The molecule has 0 bridgehead atoms. The van der Waals surface area contributed by atoms with Crippen LogP contribution < -0.4 is 14.8 Å². The smallest absolute Gasteiger partial charge is 0.298 e. The predicted molar refractivity (Wildman–Crippen MR) is 129 cm³/mol. The molecule has 10 heteroatoms. The van der Waals surface area contributed by atoms with E-state index in [1.807, 2.05) is 0 Å². The van der Waals surface area contributed by atoms with Crippen molar-refractivity contribution in [2.75, 3.05) is 32.2 Å². The van der Waals surface area contributed by atoms with Gasteiger partial charge in [-0.1, -0.05) is 12.1 Å². The molecule has 1 atom stereocenters. The summed E-state index contributed by atoms with van der Waals surface area (Å²) in [6.45, 7) is 2.92. The van der Waals surface area contributed by atoms with Gasteiger partial charge >= 0.3 is 0 Å². The zero-order valence-corrected chi connectivity index (χ0v) is 20.5. The van der Waals surface area contributed by atoms with Crippen LogP contribution >= 0.6 is 0 Å². The first kappa shape index (κ1) is 26.0. The highest BCUT2D eigenvalue weighted by Crippen LogP contribution is 2.37. The van der Waals surface area contributed by atoms with Crippen LogP contribution in [0.15, 0.2) is 30.3 Å². The molecular formula is C26H30F3N3O4. The van der Waals surface area contributed by atoms with E-state index >= 15 is 4.39 Å². The molecule has 0 amide bonds. The number of nitrogens with zero attached hydrogens (tertiary/aromatic N) is 2. The van der Waals surface area contributed by atoms with E-state index in [9.17, 15) is 8.78 Å². The van der Waals surface area contributed by atoms with Crippen LogP contribution in [0.2, 0.25) is 0 Å². The van der Waals surface area contributed by atoms with Crippen molar-refractivity contribution in [2.45, 2.75) is 51.2 Å². The maximum atomic E-state index is 15.0. The van der Waals surface area contributed by atoms with Crippen molar-refractivity contribution in [3.05, 3.63) is 53.1 Å². The van der Waals surface area contributed by atoms with Gasteiger partial charge in [0.1, 0.15) is 24.1 Å². The lowest BCUT2D eigenvalue weighted by Gasteiger charge is -2.21. The Bertz CT molecular complexity index is 1220. The summed E-state index contributed by atoms with van der Waals surface area (Å²) in [5.74, 6) is -2.90. The number of aliphatic hydroxyl groups is 1. The Labute approximate surface area is 207 Å². The van der Waals surface area contributed by atoms with E-state index in [4.69, 9.17) is 19.3 Å². The molecule has 1 aliphatic carbocycles. The number of methoxy groups -OCH3 is 1. The van der Waals surface area contributed by atoms with Crippen LogP contribution in [0.3, 0.4) is 0 Å². The van der Waals surface area contributed by atoms with Gasteiger partial charge in [-0.05, 0) is 38.8 Å². The van der Waals surface area contributed by atoms with Crippen LogP contribution in [-0.4, -0.2) is 48.1 Å². The fraction of sp³-hybridized carbons (Fsp3) is 0.462. The SMILES string of the molecule is COc1cc2nc(C)nc(N[C@H](C)c3cccc(C(F)(F)CO)c3F)c2cc1OCCCOC1CC1. The number of alkyl halides is 2. The molecule has 0 radical (unpaired) electrons. The molecule has 1 saturated carbocycles. The van der Waals surface area contributed by atoms with Crippen molar-refractivity contribution in [1.82, 2.24) is 9.97 Å². The summed E-state index contributed by atoms with van der Waals surface area (Å²) >= 11 is 0. The van der Waals surface area contributed by atoms with Gasteiger partial charge in [0.2, 0.25) is 0 Å². The molecule has 2 aromatic carbocycles. The lowest BCUT2D eigenvalue weighted by atomic mass is 10.00. The number of fused-ring (bicyclic) bond motifs is 1. The topological polar surface area (TPSA) is 85.7 Å². The number of aliphatic hydroxyl groups excluding tert-OH is 1. The van der Waals surface area contributed by atoms with Gasteiger partial charge in [-0.3, -0.25) is 0 Å². The number of hydrogen-bond acceptors (Lipinski definition) is 7. The van der Waals surface area contributed by atoms with E-state index in [1.165, 1.54) is 19.2 Å². The maximum absolute atomic E-state index is 15.0. The highest BCUT2D eigenvalue weighted by molar-refractivity contribution is 5.92. The van der Waals surface area contributed by atoms with Crippen LogP contribution in [0.4, 0.5) is 19.0 Å². The number of anilines is 1. The van der Waals surface area contributed by atoms with E-state index < -0.39 is 30.0 Å². The Balaban J connectivity index is 1.60. The quantitative estimate of drug-likeness (QED) is 0.324. The van der Waals surface area contributed by atoms with Crippen LogP contribution in [0, 0.1) is 12.7 Å². The second-order valence-corrected chi connectivity index (χ2v) is 8.85. The minimum absolute atomic E-state index is 0.0192. The van der Waals surface area contributed by atoms with Crippen molar-refractivity contribution in [3.8, 4) is 11.5 Å². The summed E-state index contributed by atoms with van der Waals surface area (Å²) < 4.78 is 60.1. The largest absolute Gasteiger partial charge is 0.493 e. The monoisotopic (exact) mass is 505 g/mol. The standard InChI is InChI=1S/C26H30F3N3O4/c1-15(18-6-4-7-20(24(18)27)26(28,29)14-33)30-25-19-12-23(36-11-5-10-35-17-8-9-17)22(34-3)13-21(19)31-16(2)32-25/h4,6-7,12-13,15,17,33H,5,8-11,14H2,1-3H3,(H,30,31,32)/t15-/m1/s1. The highest BCUT2D eigenvalue weighted by Gasteiger charge is 2.35. The van der Waals surface area contributed by atoms with Gasteiger partial charge in [-0.25, -0.2) is 14.4 Å². The lowest BCUT2D eigenvalue weighted by molar-refractivity contribution is -0.0583. The molecule has 4 rings (SSSR count). The Morgan fingerprint density at radius 3 is 2.64 bits per heavy atom. The van der Waals surface area contributed by atoms with Crippen molar-refractivity contribution in [2.24, 2.45) is 0 Å². The maximum Gasteiger partial charge on any atom is 0.298 e. The molecule has 0 saturated heterocycles. The zero-order valence-electron chi connectivity index (χ0n) is 20.5. The van der Waals surface area contributed by atoms with E-state index in [0.29, 0.717) is 53.4 Å². The number of aryl methyl sites for hydroxylation is 1. The molecule has 1 fully saturated rings. The third kappa shape index (κ3) is 5.82. The van der Waals surface area contributed by atoms with Gasteiger partial charge in [0.25, 0.3) is 5.92 Å². The molecule has 0 aliphatic heterocycles. The number of nitrogens with one attached hydrogen (secondary N) is 1. The third-order valence-electron chi connectivity index (χ3n) is 5.96. The van der Waals surface area contributed by atoms with Crippen LogP contribution in [0.25, 0.3) is 10.9 Å². The molecule has 36 heavy (non-hydrogen) atoms. The van der Waals surface area contributed by atoms with Crippen molar-refractivity contribution in [3.63, 3.8) is 0 Å². The molecule has 1 heterocycles. The molecule has 194 valence electrons. The first-order valence-electron chi connectivity index (χ1n) is 11.9. The molecule has 1 aliphatic rings. The summed E-state index contributed by atoms with van der Waals surface area (Å²) in [5.41, 5.74) is -0.254. The van der Waals surface area contributed by atoms with Gasteiger partial charge in [0.05, 0.1) is 43.5 Å². The number of rotatable bonds is 12. The zero-order chi connectivity index (χ0) is 25.9. The van der Waals surface area contributed by atoms with Gasteiger partial charge in [0.15, 0.2) is 11.5 Å². The molecule has 3 aromatic rings. The van der Waals surface area contributed by atoms with E-state index in [2.05, 4.69) is 15.3 Å². The molecular weight excluding hydrogens is 475 g/mol. The Morgan fingerprint density at radius 2 is 1.94 bits per heavy atom. The number of benzene rings is 2. The predicted octanol–water partition coefficient (Wildman–Crippen LogP) is 5.29. The van der Waals surface area contributed by atoms with Gasteiger partial charge in [-0.15, -0.1) is 0 Å². The second kappa shape index (κ2) is 10.9. The first-order valence-corrected chi connectivity index (χ1v) is 11.9. The second-order valence-electron chi connectivity index (χ2n) is 8.85. The summed E-state index contributed by atoms with van der Waals surface area (Å²) in [7, 11) is 1.54. The van der Waals surface area contributed by atoms with Gasteiger partial charge < -0.3 is 24.6 Å². The number of ether oxygens (including phenoxy) is 3. The molecule has 0 unspecified atom stereocenters. The molecule has 0 spiro atoms. The van der Waals surface area contributed by atoms with Crippen molar-refractivity contribution < 1.29 is 32.5 Å². The number of aromatic nitrogens is 2. The Hall–Kier alpha value is -3.11. The third-order valence-corrected chi connectivity index (χ3v) is 5.96. The Kier molecular flexibility index (Phi) is 7.85. The Morgan fingerprint density at radius 1 is 1.17 bits per heavy atom. The summed E-state index contributed by atoms with van der Waals surface area (Å²) in [6.07, 6.45) is 3.34.